The summed E-state index contributed by atoms with van der Waals surface area (Å²) in [5.74, 6) is -0.377. The van der Waals surface area contributed by atoms with Crippen LogP contribution in [-0.2, 0) is 22.4 Å². The molecule has 6 heteroatoms. The van der Waals surface area contributed by atoms with E-state index in [1.807, 2.05) is 22.9 Å². The van der Waals surface area contributed by atoms with Crippen LogP contribution in [-0.4, -0.2) is 33.1 Å². The number of benzene rings is 2. The van der Waals surface area contributed by atoms with E-state index >= 15 is 0 Å². The number of aromatic nitrogens is 2. The number of hydrogen-bond acceptors (Lipinski definition) is 4. The normalized spacial score (nSPS) is 22.8. The first kappa shape index (κ1) is 21.6. The summed E-state index contributed by atoms with van der Waals surface area (Å²) in [7, 11) is 0. The molecule has 2 heterocycles. The van der Waals surface area contributed by atoms with Crippen molar-refractivity contribution in [3.05, 3.63) is 89.0 Å². The first-order valence-corrected chi connectivity index (χ1v) is 11.5. The SMILES string of the molecule is O=C1CC(O)CC(/C=C/c2c3c(nn2-c2ccc(F)cc2)C(Cc2ccccc2)CCC3)O1. The molecule has 3 aromatic rings. The molecular formula is C27H27FN2O3. The van der Waals surface area contributed by atoms with Crippen molar-refractivity contribution in [2.24, 2.45) is 0 Å². The predicted molar refractivity (Wildman–Crippen MR) is 124 cm³/mol. The number of aliphatic hydroxyl groups is 1. The third-order valence-corrected chi connectivity index (χ3v) is 6.47. The Balaban J connectivity index is 1.53. The van der Waals surface area contributed by atoms with E-state index in [0.717, 1.165) is 42.8 Å². The van der Waals surface area contributed by atoms with E-state index in [0.29, 0.717) is 12.3 Å². The molecule has 170 valence electrons. The first-order chi connectivity index (χ1) is 16.1. The highest BCUT2D eigenvalue weighted by Crippen LogP contribution is 2.37. The molecule has 1 aromatic heterocycles. The monoisotopic (exact) mass is 446 g/mol. The van der Waals surface area contributed by atoms with Crippen molar-refractivity contribution in [1.29, 1.82) is 0 Å². The third-order valence-electron chi connectivity index (χ3n) is 6.47. The summed E-state index contributed by atoms with van der Waals surface area (Å²) in [6.07, 6.45) is 6.99. The quantitative estimate of drug-likeness (QED) is 0.575. The molecule has 1 saturated heterocycles. The second kappa shape index (κ2) is 9.32. The summed E-state index contributed by atoms with van der Waals surface area (Å²) in [4.78, 5) is 11.7. The van der Waals surface area contributed by atoms with E-state index in [4.69, 9.17) is 9.84 Å². The second-order valence-corrected chi connectivity index (χ2v) is 8.90. The van der Waals surface area contributed by atoms with Gasteiger partial charge in [0.15, 0.2) is 0 Å². The van der Waals surface area contributed by atoms with Crippen molar-refractivity contribution in [1.82, 2.24) is 9.78 Å². The van der Waals surface area contributed by atoms with Gasteiger partial charge in [-0.3, -0.25) is 4.79 Å². The molecule has 3 atom stereocenters. The number of halogens is 1. The van der Waals surface area contributed by atoms with Gasteiger partial charge in [0.2, 0.25) is 0 Å². The van der Waals surface area contributed by atoms with Crippen LogP contribution >= 0.6 is 0 Å². The van der Waals surface area contributed by atoms with Crippen LogP contribution in [0.3, 0.4) is 0 Å². The molecule has 3 unspecified atom stereocenters. The molecule has 1 aliphatic carbocycles. The summed E-state index contributed by atoms with van der Waals surface area (Å²) >= 11 is 0. The van der Waals surface area contributed by atoms with Crippen LogP contribution in [0.5, 0.6) is 0 Å². The van der Waals surface area contributed by atoms with Crippen molar-refractivity contribution in [3.8, 4) is 5.69 Å². The number of ether oxygens (including phenoxy) is 1. The maximum absolute atomic E-state index is 13.6. The number of rotatable bonds is 5. The fourth-order valence-electron chi connectivity index (χ4n) is 4.90. The molecule has 0 bridgehead atoms. The van der Waals surface area contributed by atoms with Gasteiger partial charge in [-0.1, -0.05) is 30.3 Å². The van der Waals surface area contributed by atoms with E-state index in [9.17, 15) is 14.3 Å². The van der Waals surface area contributed by atoms with Gasteiger partial charge in [-0.25, -0.2) is 9.07 Å². The van der Waals surface area contributed by atoms with Crippen LogP contribution in [0.25, 0.3) is 11.8 Å². The van der Waals surface area contributed by atoms with Gasteiger partial charge in [0.1, 0.15) is 11.9 Å². The summed E-state index contributed by atoms with van der Waals surface area (Å²) in [5, 5.41) is 15.0. The fourth-order valence-corrected chi connectivity index (χ4v) is 4.90. The van der Waals surface area contributed by atoms with E-state index in [2.05, 4.69) is 24.3 Å². The molecule has 0 amide bonds. The molecule has 1 fully saturated rings. The molecule has 33 heavy (non-hydrogen) atoms. The van der Waals surface area contributed by atoms with Gasteiger partial charge < -0.3 is 9.84 Å². The molecular weight excluding hydrogens is 419 g/mol. The minimum Gasteiger partial charge on any atom is -0.458 e. The van der Waals surface area contributed by atoms with Gasteiger partial charge >= 0.3 is 5.97 Å². The van der Waals surface area contributed by atoms with Gasteiger partial charge in [0, 0.05) is 17.9 Å². The number of nitrogens with zero attached hydrogens (tertiary/aromatic N) is 2. The van der Waals surface area contributed by atoms with Crippen LogP contribution in [0.15, 0.2) is 60.7 Å². The Hall–Kier alpha value is -3.25. The molecule has 1 N–H and O–H groups in total. The first-order valence-electron chi connectivity index (χ1n) is 11.5. The largest absolute Gasteiger partial charge is 0.458 e. The van der Waals surface area contributed by atoms with Crippen molar-refractivity contribution in [2.75, 3.05) is 0 Å². The van der Waals surface area contributed by atoms with Crippen LogP contribution in [0.4, 0.5) is 4.39 Å². The highest BCUT2D eigenvalue weighted by Gasteiger charge is 2.29. The summed E-state index contributed by atoms with van der Waals surface area (Å²) in [6.45, 7) is 0. The topological polar surface area (TPSA) is 64.3 Å². The molecule has 0 spiro atoms. The van der Waals surface area contributed by atoms with E-state index in [1.54, 1.807) is 12.1 Å². The van der Waals surface area contributed by atoms with Gasteiger partial charge in [-0.15, -0.1) is 0 Å². The lowest BCUT2D eigenvalue weighted by molar-refractivity contribution is -0.156. The Labute approximate surface area is 192 Å². The Morgan fingerprint density at radius 3 is 2.70 bits per heavy atom. The molecule has 5 nitrogen and oxygen atoms in total. The number of fused-ring (bicyclic) bond motifs is 1. The van der Waals surface area contributed by atoms with Crippen LogP contribution < -0.4 is 0 Å². The summed E-state index contributed by atoms with van der Waals surface area (Å²) in [6, 6.07) is 16.8. The highest BCUT2D eigenvalue weighted by atomic mass is 19.1. The smallest absolute Gasteiger partial charge is 0.309 e. The van der Waals surface area contributed by atoms with Gasteiger partial charge in [-0.2, -0.15) is 5.10 Å². The number of carbonyl (C=O) groups excluding carboxylic acids is 1. The minimum atomic E-state index is -0.688. The van der Waals surface area contributed by atoms with E-state index in [-0.39, 0.29) is 18.2 Å². The average Bonchev–Trinajstić information content (AvgIpc) is 3.18. The standard InChI is InChI=1S/C27H27FN2O3/c28-20-9-11-21(12-10-20)30-25(14-13-23-16-22(31)17-26(32)33-23)24-8-4-7-19(27(24)29-30)15-18-5-2-1-3-6-18/h1-3,5-6,9-14,19,22-23,31H,4,7-8,15-17H2/b14-13+. The van der Waals surface area contributed by atoms with Gasteiger partial charge in [-0.05, 0) is 67.7 Å². The number of esters is 1. The van der Waals surface area contributed by atoms with Crippen LogP contribution in [0.1, 0.15) is 54.1 Å². The lowest BCUT2D eigenvalue weighted by Gasteiger charge is -2.23. The number of hydrogen-bond donors (Lipinski definition) is 1. The minimum absolute atomic E-state index is 0.0361. The maximum atomic E-state index is 13.6. The zero-order valence-electron chi connectivity index (χ0n) is 18.4. The van der Waals surface area contributed by atoms with E-state index < -0.39 is 12.2 Å². The van der Waals surface area contributed by atoms with Gasteiger partial charge in [0.25, 0.3) is 0 Å². The number of cyclic esters (lactones) is 1. The van der Waals surface area contributed by atoms with Gasteiger partial charge in [0.05, 0.1) is 29.6 Å². The van der Waals surface area contributed by atoms with Crippen molar-refractivity contribution >= 4 is 12.0 Å². The summed E-state index contributed by atoms with van der Waals surface area (Å²) in [5.41, 5.74) is 5.25. The summed E-state index contributed by atoms with van der Waals surface area (Å²) < 4.78 is 20.8. The molecule has 2 aromatic carbocycles. The lowest BCUT2D eigenvalue weighted by Crippen LogP contribution is -2.31. The molecule has 1 aliphatic heterocycles. The lowest BCUT2D eigenvalue weighted by atomic mass is 9.83. The Kier molecular flexibility index (Phi) is 6.09. The van der Waals surface area contributed by atoms with E-state index in [1.165, 1.54) is 23.3 Å². The van der Waals surface area contributed by atoms with Crippen LogP contribution in [0, 0.1) is 5.82 Å². The molecule has 2 aliphatic rings. The zero-order valence-corrected chi connectivity index (χ0v) is 18.4. The predicted octanol–water partition coefficient (Wildman–Crippen LogP) is 4.75. The Morgan fingerprint density at radius 1 is 1.15 bits per heavy atom. The molecule has 0 radical (unpaired) electrons. The zero-order chi connectivity index (χ0) is 22.8. The molecule has 0 saturated carbocycles. The molecule has 5 rings (SSSR count). The number of aliphatic hydroxyl groups excluding tert-OH is 1. The van der Waals surface area contributed by atoms with Crippen LogP contribution in [0.2, 0.25) is 0 Å². The van der Waals surface area contributed by atoms with Crippen molar-refractivity contribution in [3.63, 3.8) is 0 Å². The Morgan fingerprint density at radius 2 is 1.94 bits per heavy atom. The third kappa shape index (κ3) is 4.76. The average molecular weight is 447 g/mol. The van der Waals surface area contributed by atoms with Crippen molar-refractivity contribution in [2.45, 2.75) is 56.7 Å². The maximum Gasteiger partial charge on any atom is 0.309 e. The number of carbonyl (C=O) groups is 1. The highest BCUT2D eigenvalue weighted by molar-refractivity contribution is 5.71. The Bertz CT molecular complexity index is 1150. The second-order valence-electron chi connectivity index (χ2n) is 8.90. The van der Waals surface area contributed by atoms with Crippen molar-refractivity contribution < 1.29 is 19.0 Å². The fraction of sp³-hybridized carbons (Fsp3) is 0.333.